The summed E-state index contributed by atoms with van der Waals surface area (Å²) in [5.74, 6) is -0.224. The van der Waals surface area contributed by atoms with Crippen LogP contribution in [0, 0.1) is 5.92 Å². The van der Waals surface area contributed by atoms with E-state index in [1.54, 1.807) is 23.5 Å². The van der Waals surface area contributed by atoms with Crippen LogP contribution in [0.1, 0.15) is 50.8 Å². The lowest BCUT2D eigenvalue weighted by molar-refractivity contribution is -0.118. The number of amides is 1. The fourth-order valence-electron chi connectivity index (χ4n) is 3.64. The monoisotopic (exact) mass is 420 g/mol. The minimum Gasteiger partial charge on any atom is -0.326 e. The standard InChI is InChI=1S/C21H28N2O3S2/c1-16(2)20(24)23-17-8-10-18(11-9-17)28(25,26)22-15-21(12-4-3-5-13-21)19-7-6-14-27-19/h6-11,14,16,22H,3-5,12-13,15H2,1-2H3,(H,23,24). The largest absolute Gasteiger partial charge is 0.326 e. The molecule has 2 N–H and O–H groups in total. The van der Waals surface area contributed by atoms with Crippen molar-refractivity contribution in [2.24, 2.45) is 5.92 Å². The highest BCUT2D eigenvalue weighted by Crippen LogP contribution is 2.41. The van der Waals surface area contributed by atoms with Crippen LogP contribution in [0.25, 0.3) is 0 Å². The summed E-state index contributed by atoms with van der Waals surface area (Å²) in [5, 5.41) is 4.84. The fourth-order valence-corrected chi connectivity index (χ4v) is 5.75. The molecular weight excluding hydrogens is 392 g/mol. The maximum atomic E-state index is 12.8. The summed E-state index contributed by atoms with van der Waals surface area (Å²) in [5.41, 5.74) is 0.491. The molecule has 0 atom stereocenters. The van der Waals surface area contributed by atoms with Gasteiger partial charge in [0.1, 0.15) is 0 Å². The molecule has 1 aliphatic carbocycles. The molecule has 1 fully saturated rings. The molecule has 0 unspecified atom stereocenters. The van der Waals surface area contributed by atoms with Crippen LogP contribution in [-0.4, -0.2) is 20.9 Å². The quantitative estimate of drug-likeness (QED) is 0.691. The van der Waals surface area contributed by atoms with Gasteiger partial charge in [0.25, 0.3) is 0 Å². The van der Waals surface area contributed by atoms with Gasteiger partial charge < -0.3 is 5.32 Å². The minimum absolute atomic E-state index is 0.0936. The Kier molecular flexibility index (Phi) is 6.58. The summed E-state index contributed by atoms with van der Waals surface area (Å²) in [6.45, 7) is 4.04. The average Bonchev–Trinajstić information content (AvgIpc) is 3.23. The van der Waals surface area contributed by atoms with E-state index < -0.39 is 10.0 Å². The van der Waals surface area contributed by atoms with Gasteiger partial charge in [-0.2, -0.15) is 0 Å². The molecule has 7 heteroatoms. The lowest BCUT2D eigenvalue weighted by atomic mass is 9.73. The Hall–Kier alpha value is -1.70. The molecule has 1 amide bonds. The maximum Gasteiger partial charge on any atom is 0.240 e. The average molecular weight is 421 g/mol. The maximum absolute atomic E-state index is 12.8. The molecule has 28 heavy (non-hydrogen) atoms. The molecule has 5 nitrogen and oxygen atoms in total. The number of sulfonamides is 1. The summed E-state index contributed by atoms with van der Waals surface area (Å²) in [7, 11) is -3.61. The van der Waals surface area contributed by atoms with E-state index in [1.807, 2.05) is 19.9 Å². The Labute approximate surface area is 171 Å². The first-order valence-corrected chi connectivity index (χ1v) is 12.1. The van der Waals surface area contributed by atoms with E-state index in [4.69, 9.17) is 0 Å². The second-order valence-corrected chi connectivity index (χ2v) is 10.5. The Morgan fingerprint density at radius 2 is 1.79 bits per heavy atom. The van der Waals surface area contributed by atoms with Gasteiger partial charge in [-0.1, -0.05) is 39.2 Å². The Balaban J connectivity index is 1.71. The first-order chi connectivity index (χ1) is 13.3. The summed E-state index contributed by atoms with van der Waals surface area (Å²) in [6.07, 6.45) is 5.49. The molecule has 0 radical (unpaired) electrons. The number of rotatable bonds is 7. The zero-order valence-electron chi connectivity index (χ0n) is 16.4. The van der Waals surface area contributed by atoms with Crippen LogP contribution in [0.2, 0.25) is 0 Å². The first-order valence-electron chi connectivity index (χ1n) is 9.77. The number of carbonyl (C=O) groups excluding carboxylic acids is 1. The van der Waals surface area contributed by atoms with E-state index >= 15 is 0 Å². The molecule has 0 aliphatic heterocycles. The van der Waals surface area contributed by atoms with Crippen molar-refractivity contribution >= 4 is 33.0 Å². The number of hydrogen-bond acceptors (Lipinski definition) is 4. The molecular formula is C21H28N2O3S2. The van der Waals surface area contributed by atoms with Crippen molar-refractivity contribution in [3.05, 3.63) is 46.7 Å². The molecule has 1 aliphatic rings. The predicted molar refractivity (Wildman–Crippen MR) is 114 cm³/mol. The summed E-state index contributed by atoms with van der Waals surface area (Å²) >= 11 is 1.71. The second kappa shape index (κ2) is 8.76. The van der Waals surface area contributed by atoms with E-state index in [0.29, 0.717) is 12.2 Å². The zero-order chi connectivity index (χ0) is 20.2. The van der Waals surface area contributed by atoms with E-state index in [0.717, 1.165) is 25.7 Å². The third-order valence-corrected chi connectivity index (χ3v) is 7.95. The van der Waals surface area contributed by atoms with E-state index in [9.17, 15) is 13.2 Å². The van der Waals surface area contributed by atoms with Crippen LogP contribution in [0.4, 0.5) is 5.69 Å². The number of carbonyl (C=O) groups is 1. The number of benzene rings is 1. The summed E-state index contributed by atoms with van der Waals surface area (Å²) in [6, 6.07) is 10.5. The van der Waals surface area contributed by atoms with Crippen molar-refractivity contribution in [2.75, 3.05) is 11.9 Å². The lowest BCUT2D eigenvalue weighted by Crippen LogP contribution is -2.41. The van der Waals surface area contributed by atoms with Crippen LogP contribution in [0.5, 0.6) is 0 Å². The SMILES string of the molecule is CC(C)C(=O)Nc1ccc(S(=O)(=O)NCC2(c3cccs3)CCCCC2)cc1. The highest BCUT2D eigenvalue weighted by Gasteiger charge is 2.36. The van der Waals surface area contributed by atoms with Crippen molar-refractivity contribution in [1.29, 1.82) is 0 Å². The molecule has 0 bridgehead atoms. The van der Waals surface area contributed by atoms with Gasteiger partial charge in [-0.05, 0) is 48.6 Å². The molecule has 0 spiro atoms. The fraction of sp³-hybridized carbons (Fsp3) is 0.476. The molecule has 1 saturated carbocycles. The normalized spacial score (nSPS) is 16.8. The van der Waals surface area contributed by atoms with Crippen molar-refractivity contribution in [3.63, 3.8) is 0 Å². The van der Waals surface area contributed by atoms with Gasteiger partial charge >= 0.3 is 0 Å². The van der Waals surface area contributed by atoms with Gasteiger partial charge in [0.15, 0.2) is 0 Å². The minimum atomic E-state index is -3.61. The molecule has 3 rings (SSSR count). The summed E-state index contributed by atoms with van der Waals surface area (Å²) < 4.78 is 28.5. The lowest BCUT2D eigenvalue weighted by Gasteiger charge is -2.36. The van der Waals surface area contributed by atoms with E-state index in [1.165, 1.54) is 23.4 Å². The molecule has 1 aromatic carbocycles. The molecule has 152 valence electrons. The Morgan fingerprint density at radius 1 is 1.11 bits per heavy atom. The number of hydrogen-bond donors (Lipinski definition) is 2. The third-order valence-electron chi connectivity index (χ3n) is 5.41. The number of thiophene rings is 1. The van der Waals surface area contributed by atoms with Gasteiger partial charge in [0.05, 0.1) is 4.90 Å². The highest BCUT2D eigenvalue weighted by atomic mass is 32.2. The van der Waals surface area contributed by atoms with Gasteiger partial charge in [-0.3, -0.25) is 4.79 Å². The van der Waals surface area contributed by atoms with Crippen molar-refractivity contribution in [2.45, 2.75) is 56.3 Å². The van der Waals surface area contributed by atoms with Crippen molar-refractivity contribution in [1.82, 2.24) is 4.72 Å². The van der Waals surface area contributed by atoms with Gasteiger partial charge in [0.2, 0.25) is 15.9 Å². The van der Waals surface area contributed by atoms with Crippen molar-refractivity contribution < 1.29 is 13.2 Å². The van der Waals surface area contributed by atoms with Gasteiger partial charge in [-0.25, -0.2) is 13.1 Å². The van der Waals surface area contributed by atoms with Crippen LogP contribution in [-0.2, 0) is 20.2 Å². The molecule has 1 aromatic heterocycles. The second-order valence-electron chi connectivity index (χ2n) is 7.81. The zero-order valence-corrected chi connectivity index (χ0v) is 18.0. The Morgan fingerprint density at radius 3 is 2.36 bits per heavy atom. The van der Waals surface area contributed by atoms with Crippen LogP contribution in [0.15, 0.2) is 46.7 Å². The van der Waals surface area contributed by atoms with Crippen LogP contribution in [0.3, 0.4) is 0 Å². The van der Waals surface area contributed by atoms with Crippen LogP contribution < -0.4 is 10.0 Å². The third kappa shape index (κ3) is 4.82. The molecule has 2 aromatic rings. The first kappa shape index (κ1) is 21.0. The van der Waals surface area contributed by atoms with Gasteiger partial charge in [-0.15, -0.1) is 11.3 Å². The van der Waals surface area contributed by atoms with Crippen molar-refractivity contribution in [3.8, 4) is 0 Å². The molecule has 1 heterocycles. The summed E-state index contributed by atoms with van der Waals surface area (Å²) in [4.78, 5) is 13.3. The topological polar surface area (TPSA) is 75.3 Å². The van der Waals surface area contributed by atoms with E-state index in [2.05, 4.69) is 21.5 Å². The van der Waals surface area contributed by atoms with Gasteiger partial charge in [0, 0.05) is 28.4 Å². The number of anilines is 1. The number of nitrogens with one attached hydrogen (secondary N) is 2. The highest BCUT2D eigenvalue weighted by molar-refractivity contribution is 7.89. The smallest absolute Gasteiger partial charge is 0.240 e. The van der Waals surface area contributed by atoms with Crippen LogP contribution >= 0.6 is 11.3 Å². The molecule has 0 saturated heterocycles. The van der Waals surface area contributed by atoms with E-state index in [-0.39, 0.29) is 22.1 Å². The predicted octanol–water partition coefficient (Wildman–Crippen LogP) is 4.52. The Bertz CT molecular complexity index is 882.